The van der Waals surface area contributed by atoms with E-state index in [0.717, 1.165) is 16.7 Å². The zero-order valence-electron chi connectivity index (χ0n) is 20.9. The largest absolute Gasteiger partial charge is 0.445 e. The van der Waals surface area contributed by atoms with Crippen molar-refractivity contribution in [3.63, 3.8) is 0 Å². The molecule has 194 valence electrons. The Balaban J connectivity index is 1.45. The summed E-state index contributed by atoms with van der Waals surface area (Å²) in [6, 6.07) is 25.4. The van der Waals surface area contributed by atoms with Crippen LogP contribution in [0.15, 0.2) is 84.9 Å². The molecule has 3 aromatic rings. The van der Waals surface area contributed by atoms with Gasteiger partial charge in [-0.3, -0.25) is 4.79 Å². The van der Waals surface area contributed by atoms with Gasteiger partial charge in [0.05, 0.1) is 0 Å². The molecule has 1 atom stereocenters. The van der Waals surface area contributed by atoms with Crippen molar-refractivity contribution in [3.05, 3.63) is 102 Å². The van der Waals surface area contributed by atoms with Gasteiger partial charge in [0.2, 0.25) is 5.91 Å². The van der Waals surface area contributed by atoms with Crippen LogP contribution in [0.3, 0.4) is 0 Å². The van der Waals surface area contributed by atoms with Crippen LogP contribution in [-0.2, 0) is 27.5 Å². The highest BCUT2D eigenvalue weighted by atomic mass is 16.6. The summed E-state index contributed by atoms with van der Waals surface area (Å²) < 4.78 is 10.5. The van der Waals surface area contributed by atoms with E-state index in [9.17, 15) is 14.4 Å². The molecule has 0 heterocycles. The van der Waals surface area contributed by atoms with Gasteiger partial charge in [0.1, 0.15) is 19.3 Å². The minimum absolute atomic E-state index is 0.105. The maximum absolute atomic E-state index is 13.0. The van der Waals surface area contributed by atoms with Crippen LogP contribution < -0.4 is 16.0 Å². The van der Waals surface area contributed by atoms with Gasteiger partial charge >= 0.3 is 12.2 Å². The second kappa shape index (κ2) is 14.9. The number of rotatable bonds is 12. The molecule has 0 aliphatic rings. The first-order valence-electron chi connectivity index (χ1n) is 12.3. The van der Waals surface area contributed by atoms with Crippen molar-refractivity contribution in [2.24, 2.45) is 0 Å². The standard InChI is InChI=1S/C29H33N3O5/c1-22-11-10-16-25(19-22)31-27(33)26(32-29(35)37-21-24-14-6-3-7-15-24)17-8-9-18-30-28(34)36-20-23-12-4-2-5-13-23/h2-7,10-16,19,26H,8-9,17-18,20-21H2,1H3,(H,30,34)(H,31,33)(H,32,35)/t26-/m1/s1. The molecule has 0 bridgehead atoms. The zero-order valence-corrected chi connectivity index (χ0v) is 20.9. The van der Waals surface area contributed by atoms with Crippen molar-refractivity contribution in [3.8, 4) is 0 Å². The predicted molar refractivity (Wildman–Crippen MR) is 142 cm³/mol. The molecule has 0 aliphatic carbocycles. The Morgan fingerprint density at radius 1 is 0.757 bits per heavy atom. The van der Waals surface area contributed by atoms with Gasteiger partial charge in [-0.25, -0.2) is 9.59 Å². The summed E-state index contributed by atoms with van der Waals surface area (Å²) in [5.74, 6) is -0.336. The molecule has 0 saturated carbocycles. The molecular weight excluding hydrogens is 470 g/mol. The predicted octanol–water partition coefficient (Wildman–Crippen LogP) is 5.33. The van der Waals surface area contributed by atoms with Crippen LogP contribution in [0.1, 0.15) is 36.0 Å². The number of amides is 3. The average Bonchev–Trinajstić information content (AvgIpc) is 2.91. The summed E-state index contributed by atoms with van der Waals surface area (Å²) in [7, 11) is 0. The summed E-state index contributed by atoms with van der Waals surface area (Å²) in [5, 5.41) is 8.24. The minimum atomic E-state index is -0.797. The second-order valence-electron chi connectivity index (χ2n) is 8.60. The molecule has 0 aliphatic heterocycles. The van der Waals surface area contributed by atoms with Crippen molar-refractivity contribution >= 4 is 23.8 Å². The number of nitrogens with one attached hydrogen (secondary N) is 3. The van der Waals surface area contributed by atoms with Crippen molar-refractivity contribution in [1.29, 1.82) is 0 Å². The van der Waals surface area contributed by atoms with E-state index in [1.54, 1.807) is 6.07 Å². The third-order valence-electron chi connectivity index (χ3n) is 5.51. The van der Waals surface area contributed by atoms with Crippen molar-refractivity contribution in [1.82, 2.24) is 10.6 Å². The zero-order chi connectivity index (χ0) is 26.3. The first-order valence-corrected chi connectivity index (χ1v) is 12.3. The second-order valence-corrected chi connectivity index (χ2v) is 8.60. The normalized spacial score (nSPS) is 11.2. The summed E-state index contributed by atoms with van der Waals surface area (Å²) >= 11 is 0. The molecule has 0 saturated heterocycles. The van der Waals surface area contributed by atoms with E-state index in [-0.39, 0.29) is 19.1 Å². The third kappa shape index (κ3) is 10.4. The Morgan fingerprint density at radius 2 is 1.38 bits per heavy atom. The number of aryl methyl sites for hydroxylation is 1. The maximum Gasteiger partial charge on any atom is 0.408 e. The highest BCUT2D eigenvalue weighted by molar-refractivity contribution is 5.96. The van der Waals surface area contributed by atoms with Crippen LogP contribution in [0.2, 0.25) is 0 Å². The number of carbonyl (C=O) groups excluding carboxylic acids is 3. The first-order chi connectivity index (χ1) is 18.0. The van der Waals surface area contributed by atoms with Crippen LogP contribution in [0, 0.1) is 6.92 Å². The number of alkyl carbamates (subject to hydrolysis) is 2. The van der Waals surface area contributed by atoms with Crippen molar-refractivity contribution < 1.29 is 23.9 Å². The molecular formula is C29H33N3O5. The van der Waals surface area contributed by atoms with Crippen LogP contribution in [0.5, 0.6) is 0 Å². The molecule has 0 radical (unpaired) electrons. The van der Waals surface area contributed by atoms with Gasteiger partial charge in [-0.05, 0) is 55.0 Å². The maximum atomic E-state index is 13.0. The number of carbonyl (C=O) groups is 3. The molecule has 3 rings (SSSR count). The summed E-state index contributed by atoms with van der Waals surface area (Å²) in [4.78, 5) is 37.3. The number of benzene rings is 3. The average molecular weight is 504 g/mol. The quantitative estimate of drug-likeness (QED) is 0.290. The lowest BCUT2D eigenvalue weighted by Crippen LogP contribution is -2.44. The van der Waals surface area contributed by atoms with E-state index in [4.69, 9.17) is 9.47 Å². The highest BCUT2D eigenvalue weighted by Gasteiger charge is 2.21. The first kappa shape index (κ1) is 27.3. The molecule has 37 heavy (non-hydrogen) atoms. The molecule has 0 unspecified atom stereocenters. The summed E-state index contributed by atoms with van der Waals surface area (Å²) in [6.07, 6.45) is 0.397. The smallest absolute Gasteiger partial charge is 0.408 e. The van der Waals surface area contributed by atoms with Crippen LogP contribution in [0.25, 0.3) is 0 Å². The van der Waals surface area contributed by atoms with Crippen molar-refractivity contribution in [2.75, 3.05) is 11.9 Å². The molecule has 3 amide bonds. The van der Waals surface area contributed by atoms with Gasteiger partial charge in [-0.2, -0.15) is 0 Å². The summed E-state index contributed by atoms with van der Waals surface area (Å²) in [5.41, 5.74) is 3.42. The van der Waals surface area contributed by atoms with E-state index in [1.165, 1.54) is 0 Å². The van der Waals surface area contributed by atoms with Crippen LogP contribution >= 0.6 is 0 Å². The SMILES string of the molecule is Cc1cccc(NC(=O)[C@@H](CCCCNC(=O)OCc2ccccc2)NC(=O)OCc2ccccc2)c1. The lowest BCUT2D eigenvalue weighted by molar-refractivity contribution is -0.118. The molecule has 8 nitrogen and oxygen atoms in total. The Labute approximate surface area is 217 Å². The number of hydrogen-bond donors (Lipinski definition) is 3. The van der Waals surface area contributed by atoms with E-state index >= 15 is 0 Å². The number of hydrogen-bond acceptors (Lipinski definition) is 5. The molecule has 0 aromatic heterocycles. The lowest BCUT2D eigenvalue weighted by Gasteiger charge is -2.19. The van der Waals surface area contributed by atoms with Gasteiger partial charge in [0.15, 0.2) is 0 Å². The minimum Gasteiger partial charge on any atom is -0.445 e. The topological polar surface area (TPSA) is 106 Å². The van der Waals surface area contributed by atoms with Gasteiger partial charge in [0.25, 0.3) is 0 Å². The van der Waals surface area contributed by atoms with Crippen molar-refractivity contribution in [2.45, 2.75) is 45.4 Å². The van der Waals surface area contributed by atoms with Gasteiger partial charge < -0.3 is 25.4 Å². The van der Waals surface area contributed by atoms with E-state index in [0.29, 0.717) is 31.5 Å². The molecule has 0 spiro atoms. The number of unbranched alkanes of at least 4 members (excludes halogenated alkanes) is 1. The van der Waals surface area contributed by atoms with Gasteiger partial charge in [-0.15, -0.1) is 0 Å². The lowest BCUT2D eigenvalue weighted by atomic mass is 10.1. The molecule has 3 N–H and O–H groups in total. The molecule has 3 aromatic carbocycles. The molecule has 8 heteroatoms. The Kier molecular flexibility index (Phi) is 11.0. The number of ether oxygens (including phenoxy) is 2. The third-order valence-corrected chi connectivity index (χ3v) is 5.51. The Bertz CT molecular complexity index is 1140. The van der Waals surface area contributed by atoms with E-state index < -0.39 is 18.2 Å². The Morgan fingerprint density at radius 3 is 2.00 bits per heavy atom. The fourth-order valence-corrected chi connectivity index (χ4v) is 3.57. The molecule has 0 fully saturated rings. The highest BCUT2D eigenvalue weighted by Crippen LogP contribution is 2.12. The van der Waals surface area contributed by atoms with E-state index in [1.807, 2.05) is 85.8 Å². The van der Waals surface area contributed by atoms with Gasteiger partial charge in [-0.1, -0.05) is 72.8 Å². The van der Waals surface area contributed by atoms with Gasteiger partial charge in [0, 0.05) is 12.2 Å². The fourth-order valence-electron chi connectivity index (χ4n) is 3.57. The monoisotopic (exact) mass is 503 g/mol. The summed E-state index contributed by atoms with van der Waals surface area (Å²) in [6.45, 7) is 2.62. The van der Waals surface area contributed by atoms with Crippen LogP contribution in [0.4, 0.5) is 15.3 Å². The fraction of sp³-hybridized carbons (Fsp3) is 0.276. The van der Waals surface area contributed by atoms with Crippen LogP contribution in [-0.4, -0.2) is 30.7 Å². The van der Waals surface area contributed by atoms with E-state index in [2.05, 4.69) is 16.0 Å². The Hall–Kier alpha value is -4.33. The number of anilines is 1.